The number of hydrogen-bond acceptors (Lipinski definition) is 7. The molecule has 0 spiro atoms. The first-order valence-corrected chi connectivity index (χ1v) is 13.8. The fraction of sp³-hybridized carbons (Fsp3) is 0.118. The van der Waals surface area contributed by atoms with E-state index in [-0.39, 0.29) is 11.8 Å². The summed E-state index contributed by atoms with van der Waals surface area (Å²) < 4.78 is 2.03. The van der Waals surface area contributed by atoms with Crippen molar-refractivity contribution in [1.29, 1.82) is 0 Å². The average Bonchev–Trinajstić information content (AvgIpc) is 3.41. The highest BCUT2D eigenvalue weighted by Crippen LogP contribution is 2.32. The van der Waals surface area contributed by atoms with Gasteiger partial charge in [-0.1, -0.05) is 48.5 Å². The molecule has 0 aliphatic rings. The second kappa shape index (κ2) is 11.6. The molecule has 0 saturated carbocycles. The maximum Gasteiger partial charge on any atom is 0.165 e. The molecule has 0 amide bonds. The van der Waals surface area contributed by atoms with Crippen LogP contribution in [0.4, 0.5) is 5.82 Å². The third-order valence-electron chi connectivity index (χ3n) is 7.39. The van der Waals surface area contributed by atoms with Gasteiger partial charge in [-0.25, -0.2) is 15.0 Å². The number of carbonyl (C=O) groups excluding carboxylic acids is 1. The quantitative estimate of drug-likeness (QED) is 0.184. The van der Waals surface area contributed by atoms with E-state index in [1.54, 1.807) is 18.3 Å². The highest BCUT2D eigenvalue weighted by molar-refractivity contribution is 5.84. The second-order valence-corrected chi connectivity index (χ2v) is 10.1. The minimum atomic E-state index is 0.00157. The van der Waals surface area contributed by atoms with Crippen molar-refractivity contribution in [3.05, 3.63) is 120 Å². The number of phenolic OH excluding ortho intramolecular Hbond substituents is 1. The Morgan fingerprint density at radius 2 is 1.76 bits per heavy atom. The summed E-state index contributed by atoms with van der Waals surface area (Å²) in [5.74, 6) is 1.08. The molecule has 0 saturated heterocycles. The topological polar surface area (TPSA) is 119 Å². The van der Waals surface area contributed by atoms with Crippen molar-refractivity contribution in [3.8, 4) is 34.1 Å². The van der Waals surface area contributed by atoms with E-state index in [2.05, 4.69) is 41.5 Å². The lowest BCUT2D eigenvalue weighted by Gasteiger charge is -2.16. The molecule has 6 aromatic rings. The van der Waals surface area contributed by atoms with Gasteiger partial charge in [0.1, 0.15) is 17.1 Å². The molecular weight excluding hydrogens is 524 g/mol. The lowest BCUT2D eigenvalue weighted by Crippen LogP contribution is -2.21. The molecule has 0 aliphatic carbocycles. The van der Waals surface area contributed by atoms with E-state index in [0.29, 0.717) is 23.5 Å². The van der Waals surface area contributed by atoms with Gasteiger partial charge in [0.25, 0.3) is 0 Å². The van der Waals surface area contributed by atoms with E-state index in [1.807, 2.05) is 65.2 Å². The van der Waals surface area contributed by atoms with Gasteiger partial charge in [-0.3, -0.25) is 9.36 Å². The molecule has 3 heterocycles. The first kappa shape index (κ1) is 26.9. The molecule has 0 aliphatic heterocycles. The molecule has 0 fully saturated rings. The van der Waals surface area contributed by atoms with Crippen LogP contribution < -0.4 is 11.1 Å². The number of rotatable bonds is 9. The highest BCUT2D eigenvalue weighted by atomic mass is 16.3. The number of nitrogens with two attached hydrogens (primary N) is 1. The number of nitrogen functional groups attached to an aromatic ring is 1. The minimum Gasteiger partial charge on any atom is -0.507 e. The summed E-state index contributed by atoms with van der Waals surface area (Å²) >= 11 is 0. The van der Waals surface area contributed by atoms with Gasteiger partial charge in [-0.05, 0) is 79.5 Å². The van der Waals surface area contributed by atoms with E-state index < -0.39 is 0 Å². The second-order valence-electron chi connectivity index (χ2n) is 10.1. The Hall–Kier alpha value is -5.34. The molecule has 0 bridgehead atoms. The van der Waals surface area contributed by atoms with Crippen LogP contribution in [0, 0.1) is 0 Å². The van der Waals surface area contributed by atoms with E-state index in [0.717, 1.165) is 57.8 Å². The normalized spacial score (nSPS) is 11.9. The number of aldehydes is 1. The number of hydrogen-bond donors (Lipinski definition) is 3. The fourth-order valence-corrected chi connectivity index (χ4v) is 5.08. The molecule has 8 heteroatoms. The van der Waals surface area contributed by atoms with Crippen LogP contribution in [0.15, 0.2) is 103 Å². The molecule has 3 aromatic heterocycles. The fourth-order valence-electron chi connectivity index (χ4n) is 5.08. The van der Waals surface area contributed by atoms with Gasteiger partial charge in [0, 0.05) is 23.5 Å². The number of aromatic hydroxyl groups is 1. The summed E-state index contributed by atoms with van der Waals surface area (Å²) in [5, 5.41) is 13.3. The number of aromatic nitrogens is 4. The number of nitrogens with zero attached hydrogens (tertiary/aromatic N) is 4. The molecule has 4 N–H and O–H groups in total. The number of nitrogens with one attached hydrogen (secondary N) is 1. The van der Waals surface area contributed by atoms with Crippen LogP contribution in [0.1, 0.15) is 34.5 Å². The molecule has 0 radical (unpaired) electrons. The van der Waals surface area contributed by atoms with Crippen LogP contribution in [-0.2, 0) is 6.42 Å². The zero-order valence-corrected chi connectivity index (χ0v) is 23.1. The van der Waals surface area contributed by atoms with E-state index in [1.165, 1.54) is 0 Å². The van der Waals surface area contributed by atoms with Crippen molar-refractivity contribution in [3.63, 3.8) is 0 Å². The molecule has 6 rings (SSSR count). The van der Waals surface area contributed by atoms with Crippen molar-refractivity contribution in [2.45, 2.75) is 19.4 Å². The van der Waals surface area contributed by atoms with Gasteiger partial charge in [-0.15, -0.1) is 0 Å². The van der Waals surface area contributed by atoms with Crippen LogP contribution in [0.5, 0.6) is 5.75 Å². The molecule has 208 valence electrons. The summed E-state index contributed by atoms with van der Waals surface area (Å²) in [7, 11) is 0. The Labute approximate surface area is 243 Å². The third kappa shape index (κ3) is 5.35. The van der Waals surface area contributed by atoms with Gasteiger partial charge >= 0.3 is 0 Å². The van der Waals surface area contributed by atoms with Gasteiger partial charge in [-0.2, -0.15) is 0 Å². The van der Waals surface area contributed by atoms with E-state index in [9.17, 15) is 9.90 Å². The molecule has 3 aromatic carbocycles. The average molecular weight is 555 g/mol. The molecule has 8 nitrogen and oxygen atoms in total. The first-order chi connectivity index (χ1) is 20.5. The van der Waals surface area contributed by atoms with Crippen LogP contribution in [0.2, 0.25) is 0 Å². The number of fused-ring (bicyclic) bond motifs is 1. The first-order valence-electron chi connectivity index (χ1n) is 13.8. The van der Waals surface area contributed by atoms with Gasteiger partial charge in [0.2, 0.25) is 0 Å². The maximum absolute atomic E-state index is 11.1. The van der Waals surface area contributed by atoms with E-state index in [4.69, 9.17) is 15.7 Å². The van der Waals surface area contributed by atoms with Crippen molar-refractivity contribution < 1.29 is 9.90 Å². The van der Waals surface area contributed by atoms with Gasteiger partial charge in [0.15, 0.2) is 17.8 Å². The zero-order chi connectivity index (χ0) is 29.1. The lowest BCUT2D eigenvalue weighted by atomic mass is 10.1. The van der Waals surface area contributed by atoms with Crippen LogP contribution in [0.3, 0.4) is 0 Å². The number of benzene rings is 3. The molecule has 0 unspecified atom stereocenters. The Morgan fingerprint density at radius 3 is 2.52 bits per heavy atom. The van der Waals surface area contributed by atoms with Crippen LogP contribution >= 0.6 is 0 Å². The van der Waals surface area contributed by atoms with Crippen molar-refractivity contribution in [1.82, 2.24) is 24.8 Å². The van der Waals surface area contributed by atoms with Crippen molar-refractivity contribution in [2.24, 2.45) is 0 Å². The smallest absolute Gasteiger partial charge is 0.165 e. The number of imidazole rings is 1. The molecular formula is C34H30N6O2. The van der Waals surface area contributed by atoms with Gasteiger partial charge < -0.3 is 16.2 Å². The Bertz CT molecular complexity index is 1870. The Balaban J connectivity index is 1.30. The number of anilines is 1. The Kier molecular flexibility index (Phi) is 7.45. The third-order valence-corrected chi connectivity index (χ3v) is 7.39. The number of pyridine rings is 2. The summed E-state index contributed by atoms with van der Waals surface area (Å²) in [6.07, 6.45) is 3.07. The molecule has 1 atom stereocenters. The largest absolute Gasteiger partial charge is 0.507 e. The van der Waals surface area contributed by atoms with Crippen molar-refractivity contribution >= 4 is 23.3 Å². The predicted molar refractivity (Wildman–Crippen MR) is 166 cm³/mol. The number of carbonyl (C=O) groups is 1. The monoisotopic (exact) mass is 554 g/mol. The number of phenols is 1. The summed E-state index contributed by atoms with van der Waals surface area (Å²) in [5.41, 5.74) is 13.8. The SMILES string of the molecule is C[C@@H](NCCc1ccc(O)c(C=O)c1)c1ccc(-n2c(-c3cccnc3N)nc3ccc(-c4ccccc4)nc32)cc1. The lowest BCUT2D eigenvalue weighted by molar-refractivity contribution is 0.112. The summed E-state index contributed by atoms with van der Waals surface area (Å²) in [4.78, 5) is 25.4. The summed E-state index contributed by atoms with van der Waals surface area (Å²) in [6.45, 7) is 2.83. The van der Waals surface area contributed by atoms with Crippen LogP contribution in [-0.4, -0.2) is 37.5 Å². The maximum atomic E-state index is 11.1. The van der Waals surface area contributed by atoms with Crippen LogP contribution in [0.25, 0.3) is 39.5 Å². The zero-order valence-electron chi connectivity index (χ0n) is 23.1. The highest BCUT2D eigenvalue weighted by Gasteiger charge is 2.19. The summed E-state index contributed by atoms with van der Waals surface area (Å²) in [6, 6.07) is 31.4. The Morgan fingerprint density at radius 1 is 0.952 bits per heavy atom. The predicted octanol–water partition coefficient (Wildman–Crippen LogP) is 6.14. The van der Waals surface area contributed by atoms with Gasteiger partial charge in [0.05, 0.1) is 16.8 Å². The standard InChI is InChI=1S/C34H30N6O2/c1-22(36-19-17-23-9-16-31(42)26(20-23)21-41)24-10-12-27(13-11-24)40-33(28-8-5-18-37-32(28)35)39-30-15-14-29(38-34(30)40)25-6-3-2-4-7-25/h2-16,18,20-22,36,42H,17,19H2,1H3,(H2,35,37)/t22-/m1/s1. The van der Waals surface area contributed by atoms with E-state index >= 15 is 0 Å². The molecule has 42 heavy (non-hydrogen) atoms. The minimum absolute atomic E-state index is 0.00157. The van der Waals surface area contributed by atoms with Crippen molar-refractivity contribution in [2.75, 3.05) is 12.3 Å².